The maximum atomic E-state index is 12.8. The number of aromatic amines is 1. The number of halogens is 1. The van der Waals surface area contributed by atoms with Gasteiger partial charge in [0.1, 0.15) is 5.65 Å². The molecule has 0 saturated heterocycles. The fraction of sp³-hybridized carbons (Fsp3) is 0.316. The Morgan fingerprint density at radius 1 is 1.27 bits per heavy atom. The second-order valence-corrected chi connectivity index (χ2v) is 7.76. The number of benzene rings is 1. The molecule has 7 heteroatoms. The highest BCUT2D eigenvalue weighted by Gasteiger charge is 2.25. The second kappa shape index (κ2) is 6.61. The third kappa shape index (κ3) is 3.51. The van der Waals surface area contributed by atoms with Crippen LogP contribution in [0.2, 0.25) is 5.02 Å². The van der Waals surface area contributed by atoms with Crippen molar-refractivity contribution in [3.05, 3.63) is 57.0 Å². The number of hydrogen-bond donors (Lipinski definition) is 2. The zero-order valence-corrected chi connectivity index (χ0v) is 15.7. The monoisotopic (exact) mass is 372 g/mol. The van der Waals surface area contributed by atoms with Crippen LogP contribution in [0.5, 0.6) is 0 Å². The first kappa shape index (κ1) is 18.2. The summed E-state index contributed by atoms with van der Waals surface area (Å²) in [6.07, 6.45) is 0.618. The molecule has 0 radical (unpaired) electrons. The lowest BCUT2D eigenvalue weighted by Crippen LogP contribution is -2.25. The number of nitrogens with zero attached hydrogens (tertiary/aromatic N) is 2. The number of carbonyl (C=O) groups excluding carboxylic acids is 1. The van der Waals surface area contributed by atoms with E-state index in [9.17, 15) is 9.59 Å². The molecule has 0 saturated carbocycles. The zero-order chi connectivity index (χ0) is 19.1. The number of rotatable bonds is 4. The predicted octanol–water partition coefficient (Wildman–Crippen LogP) is 3.43. The van der Waals surface area contributed by atoms with Gasteiger partial charge in [-0.3, -0.25) is 14.2 Å². The Bertz CT molecular complexity index is 1030. The minimum Gasteiger partial charge on any atom is -0.369 e. The van der Waals surface area contributed by atoms with Crippen LogP contribution in [0, 0.1) is 5.41 Å². The van der Waals surface area contributed by atoms with Gasteiger partial charge in [-0.15, -0.1) is 0 Å². The highest BCUT2D eigenvalue weighted by molar-refractivity contribution is 6.30. The van der Waals surface area contributed by atoms with Crippen LogP contribution < -0.4 is 11.3 Å². The summed E-state index contributed by atoms with van der Waals surface area (Å²) in [7, 11) is 0. The number of hydrogen-bond acceptors (Lipinski definition) is 4. The van der Waals surface area contributed by atoms with Crippen LogP contribution in [-0.2, 0) is 13.0 Å². The van der Waals surface area contributed by atoms with Gasteiger partial charge in [0.25, 0.3) is 5.56 Å². The summed E-state index contributed by atoms with van der Waals surface area (Å²) in [5.74, 6) is 0.0363. The molecule has 0 aliphatic carbocycles. The molecule has 6 nitrogen and oxygen atoms in total. The van der Waals surface area contributed by atoms with Crippen molar-refractivity contribution >= 4 is 34.4 Å². The number of nitrogens with two attached hydrogens (primary N) is 1. The van der Waals surface area contributed by atoms with Crippen molar-refractivity contribution in [2.45, 2.75) is 33.7 Å². The molecule has 0 aliphatic rings. The third-order valence-electron chi connectivity index (χ3n) is 4.24. The summed E-state index contributed by atoms with van der Waals surface area (Å²) in [6, 6.07) is 9.00. The van der Waals surface area contributed by atoms with Crippen molar-refractivity contribution < 1.29 is 4.79 Å². The number of ketones is 1. The number of anilines is 1. The number of carbonyl (C=O) groups is 1. The first-order valence-electron chi connectivity index (χ1n) is 8.35. The van der Waals surface area contributed by atoms with Crippen LogP contribution in [0.3, 0.4) is 0 Å². The highest BCUT2D eigenvalue weighted by atomic mass is 35.5. The zero-order valence-electron chi connectivity index (χ0n) is 15.0. The number of nitrogen functional groups attached to an aromatic ring is 1. The van der Waals surface area contributed by atoms with Gasteiger partial charge in [0.2, 0.25) is 5.95 Å². The van der Waals surface area contributed by atoms with E-state index in [1.54, 1.807) is 18.2 Å². The van der Waals surface area contributed by atoms with Crippen LogP contribution in [0.1, 0.15) is 36.8 Å². The molecule has 2 heterocycles. The van der Waals surface area contributed by atoms with Crippen molar-refractivity contribution in [3.63, 3.8) is 0 Å². The predicted molar refractivity (Wildman–Crippen MR) is 104 cm³/mol. The molecule has 0 unspecified atom stereocenters. The normalized spacial score (nSPS) is 11.8. The molecule has 26 heavy (non-hydrogen) atoms. The average Bonchev–Trinajstić information content (AvgIpc) is 2.98. The molecule has 3 rings (SSSR count). The van der Waals surface area contributed by atoms with Gasteiger partial charge >= 0.3 is 0 Å². The maximum Gasteiger partial charge on any atom is 0.264 e. The lowest BCUT2D eigenvalue weighted by Gasteiger charge is -2.14. The number of fused-ring (bicyclic) bond motifs is 1. The van der Waals surface area contributed by atoms with Gasteiger partial charge in [0, 0.05) is 17.0 Å². The molecule has 0 fully saturated rings. The fourth-order valence-electron chi connectivity index (χ4n) is 2.75. The standard InChI is InChI=1S/C19H21ClN4O2/c1-19(2,3)15(25)14-10-13-16(22-14)23-18(21)24(17(13)26)9-8-11-4-6-12(20)7-5-11/h4-7,10,22H,8-9H2,1-3H3,(H2,21,23). The molecule has 2 aromatic heterocycles. The summed E-state index contributed by atoms with van der Waals surface area (Å²) in [6.45, 7) is 5.87. The number of aryl methyl sites for hydroxylation is 1. The first-order chi connectivity index (χ1) is 12.2. The summed E-state index contributed by atoms with van der Waals surface area (Å²) in [5.41, 5.74) is 6.90. The van der Waals surface area contributed by atoms with Crippen molar-refractivity contribution in [1.29, 1.82) is 0 Å². The highest BCUT2D eigenvalue weighted by Crippen LogP contribution is 2.22. The van der Waals surface area contributed by atoms with Crippen molar-refractivity contribution in [2.24, 2.45) is 5.41 Å². The summed E-state index contributed by atoms with van der Waals surface area (Å²) in [4.78, 5) is 32.4. The van der Waals surface area contributed by atoms with E-state index in [0.717, 1.165) is 5.56 Å². The van der Waals surface area contributed by atoms with Gasteiger partial charge in [0.15, 0.2) is 5.78 Å². The van der Waals surface area contributed by atoms with Gasteiger partial charge in [0.05, 0.1) is 11.1 Å². The molecule has 0 amide bonds. The van der Waals surface area contributed by atoms with Crippen molar-refractivity contribution in [1.82, 2.24) is 14.5 Å². The number of Topliss-reactive ketones (excluding diaryl/α,β-unsaturated/α-hetero) is 1. The Morgan fingerprint density at radius 3 is 2.54 bits per heavy atom. The quantitative estimate of drug-likeness (QED) is 0.686. The third-order valence-corrected chi connectivity index (χ3v) is 4.49. The van der Waals surface area contributed by atoms with Gasteiger partial charge in [-0.05, 0) is 30.2 Å². The lowest BCUT2D eigenvalue weighted by atomic mass is 9.89. The Labute approximate surface area is 156 Å². The van der Waals surface area contributed by atoms with Crippen molar-refractivity contribution in [3.8, 4) is 0 Å². The minimum absolute atomic E-state index is 0.0822. The molecule has 0 spiro atoms. The van der Waals surface area contributed by atoms with Gasteiger partial charge in [-0.1, -0.05) is 44.5 Å². The average molecular weight is 373 g/mol. The van der Waals surface area contributed by atoms with E-state index >= 15 is 0 Å². The SMILES string of the molecule is CC(C)(C)C(=O)c1cc2c(=O)n(CCc3ccc(Cl)cc3)c(N)nc2[nH]1. The van der Waals surface area contributed by atoms with Crippen LogP contribution >= 0.6 is 11.6 Å². The topological polar surface area (TPSA) is 93.8 Å². The largest absolute Gasteiger partial charge is 0.369 e. The lowest BCUT2D eigenvalue weighted by molar-refractivity contribution is 0.0854. The molecule has 1 aromatic carbocycles. The van der Waals surface area contributed by atoms with Crippen LogP contribution in [0.15, 0.2) is 35.1 Å². The Hall–Kier alpha value is -2.60. The molecular formula is C19H21ClN4O2. The van der Waals surface area contributed by atoms with E-state index in [4.69, 9.17) is 17.3 Å². The Morgan fingerprint density at radius 2 is 1.92 bits per heavy atom. The molecule has 0 bridgehead atoms. The Kier molecular flexibility index (Phi) is 4.63. The summed E-state index contributed by atoms with van der Waals surface area (Å²) < 4.78 is 1.43. The second-order valence-electron chi connectivity index (χ2n) is 7.33. The fourth-order valence-corrected chi connectivity index (χ4v) is 2.88. The smallest absolute Gasteiger partial charge is 0.264 e. The van der Waals surface area contributed by atoms with E-state index in [1.165, 1.54) is 4.57 Å². The minimum atomic E-state index is -0.556. The maximum absolute atomic E-state index is 12.8. The van der Waals surface area contributed by atoms with Crippen molar-refractivity contribution in [2.75, 3.05) is 5.73 Å². The number of H-pyrrole nitrogens is 1. The molecular weight excluding hydrogens is 352 g/mol. The van der Waals surface area contributed by atoms with E-state index in [2.05, 4.69) is 9.97 Å². The van der Waals surface area contributed by atoms with E-state index in [0.29, 0.717) is 34.7 Å². The number of nitrogens with one attached hydrogen (secondary N) is 1. The first-order valence-corrected chi connectivity index (χ1v) is 8.73. The van der Waals surface area contributed by atoms with Crippen LogP contribution in [-0.4, -0.2) is 20.3 Å². The van der Waals surface area contributed by atoms with E-state index in [-0.39, 0.29) is 17.3 Å². The molecule has 3 N–H and O–H groups in total. The molecule has 0 aliphatic heterocycles. The summed E-state index contributed by atoms with van der Waals surface area (Å²) >= 11 is 5.89. The van der Waals surface area contributed by atoms with Gasteiger partial charge < -0.3 is 10.7 Å². The molecule has 3 aromatic rings. The molecule has 136 valence electrons. The van der Waals surface area contributed by atoms with Crippen LogP contribution in [0.4, 0.5) is 5.95 Å². The number of aromatic nitrogens is 3. The van der Waals surface area contributed by atoms with E-state index in [1.807, 2.05) is 32.9 Å². The Balaban J connectivity index is 1.95. The molecule has 0 atom stereocenters. The van der Waals surface area contributed by atoms with Gasteiger partial charge in [-0.25, -0.2) is 0 Å². The van der Waals surface area contributed by atoms with Gasteiger partial charge in [-0.2, -0.15) is 4.98 Å². The van der Waals surface area contributed by atoms with E-state index < -0.39 is 5.41 Å². The van der Waals surface area contributed by atoms with Crippen LogP contribution in [0.25, 0.3) is 11.0 Å². The summed E-state index contributed by atoms with van der Waals surface area (Å²) in [5, 5.41) is 1.03.